The van der Waals surface area contributed by atoms with Gasteiger partial charge in [-0.2, -0.15) is 0 Å². The van der Waals surface area contributed by atoms with Gasteiger partial charge in [-0.1, -0.05) is 6.07 Å². The summed E-state index contributed by atoms with van der Waals surface area (Å²) >= 11 is 0. The highest BCUT2D eigenvalue weighted by Gasteiger charge is 1.93. The third kappa shape index (κ3) is 5.35. The maximum absolute atomic E-state index is 5.36. The zero-order chi connectivity index (χ0) is 7.23. The molecule has 0 saturated carbocycles. The van der Waals surface area contributed by atoms with Crippen LogP contribution in [0.1, 0.15) is 6.42 Å². The number of hydrogen-bond acceptors (Lipinski definition) is 1. The lowest BCUT2D eigenvalue weighted by Gasteiger charge is -1.91. The van der Waals surface area contributed by atoms with Crippen LogP contribution in [-0.4, -0.2) is 6.54 Å². The Kier molecular flexibility index (Phi) is 10.4. The molecule has 1 rings (SSSR count). The third-order valence-electron chi connectivity index (χ3n) is 1.40. The summed E-state index contributed by atoms with van der Waals surface area (Å²) in [6.07, 6.45) is 5.15. The van der Waals surface area contributed by atoms with Crippen molar-refractivity contribution < 1.29 is 17.0 Å². The third-order valence-corrected chi connectivity index (χ3v) is 1.40. The predicted molar refractivity (Wildman–Crippen MR) is 47.6 cm³/mol. The number of rotatable bonds is 3. The first-order valence-electron chi connectivity index (χ1n) is 3.57. The van der Waals surface area contributed by atoms with Gasteiger partial charge in [-0.15, -0.1) is 12.4 Å². The topological polar surface area (TPSA) is 29.9 Å². The highest BCUT2D eigenvalue weighted by Crippen LogP contribution is 1.78. The molecule has 0 atom stereocenters. The Bertz CT molecular complexity index is 180. The summed E-state index contributed by atoms with van der Waals surface area (Å²) < 4.78 is 2.13. The Morgan fingerprint density at radius 2 is 1.67 bits per heavy atom. The number of nitrogens with zero attached hydrogens (tertiary/aromatic N) is 1. The van der Waals surface area contributed by atoms with E-state index in [-0.39, 0.29) is 24.8 Å². The fourth-order valence-corrected chi connectivity index (χ4v) is 0.857. The van der Waals surface area contributed by atoms with Crippen molar-refractivity contribution in [3.63, 3.8) is 0 Å². The predicted octanol–water partition coefficient (Wildman–Crippen LogP) is -2.25. The second-order valence-corrected chi connectivity index (χ2v) is 2.26. The SMILES string of the molecule is Cl.NCCC[n+]1ccccc1.[Cl-]. The number of nitrogens with two attached hydrogens (primary N) is 1. The molecule has 0 bridgehead atoms. The fourth-order valence-electron chi connectivity index (χ4n) is 0.857. The van der Waals surface area contributed by atoms with E-state index in [1.165, 1.54) is 0 Å². The molecule has 0 aromatic carbocycles. The molecule has 0 aliphatic carbocycles. The van der Waals surface area contributed by atoms with Gasteiger partial charge >= 0.3 is 0 Å². The molecule has 1 heterocycles. The van der Waals surface area contributed by atoms with Gasteiger partial charge in [-0.3, -0.25) is 0 Å². The Labute approximate surface area is 85.6 Å². The molecule has 2 nitrogen and oxygen atoms in total. The van der Waals surface area contributed by atoms with E-state index in [2.05, 4.69) is 17.0 Å². The molecule has 0 unspecified atom stereocenters. The second-order valence-electron chi connectivity index (χ2n) is 2.26. The molecule has 1 aromatic rings. The number of halogens is 2. The van der Waals surface area contributed by atoms with Gasteiger partial charge in [0.15, 0.2) is 12.4 Å². The van der Waals surface area contributed by atoms with E-state index in [9.17, 15) is 0 Å². The summed E-state index contributed by atoms with van der Waals surface area (Å²) in [5.41, 5.74) is 5.36. The van der Waals surface area contributed by atoms with E-state index in [4.69, 9.17) is 5.73 Å². The minimum absolute atomic E-state index is 0. The van der Waals surface area contributed by atoms with Crippen LogP contribution in [0.5, 0.6) is 0 Å². The zero-order valence-electron chi connectivity index (χ0n) is 6.82. The van der Waals surface area contributed by atoms with Crippen LogP contribution in [-0.2, 0) is 6.54 Å². The molecule has 0 fully saturated rings. The Morgan fingerprint density at radius 3 is 2.17 bits per heavy atom. The van der Waals surface area contributed by atoms with E-state index < -0.39 is 0 Å². The van der Waals surface area contributed by atoms with Crippen LogP contribution in [0.2, 0.25) is 0 Å². The van der Waals surface area contributed by atoms with Crippen molar-refractivity contribution in [1.82, 2.24) is 0 Å². The van der Waals surface area contributed by atoms with Crippen LogP contribution in [0.3, 0.4) is 0 Å². The second kappa shape index (κ2) is 8.78. The molecule has 0 saturated heterocycles. The highest BCUT2D eigenvalue weighted by atomic mass is 35.5. The Balaban J connectivity index is 0. The van der Waals surface area contributed by atoms with Crippen molar-refractivity contribution in [2.24, 2.45) is 5.73 Å². The molecule has 1 aromatic heterocycles. The van der Waals surface area contributed by atoms with E-state index in [1.807, 2.05) is 18.2 Å². The summed E-state index contributed by atoms with van der Waals surface area (Å²) in [5, 5.41) is 0. The maximum atomic E-state index is 5.36. The van der Waals surface area contributed by atoms with E-state index in [0.29, 0.717) is 0 Å². The molecule has 4 heteroatoms. The Hall–Kier alpha value is -0.310. The standard InChI is InChI=1S/C8H13N2.2ClH/c9-5-4-8-10-6-2-1-3-7-10;;/h1-3,6-7H,4-5,8-9H2;2*1H/q+1;;/p-1. The normalized spacial score (nSPS) is 8.08. The van der Waals surface area contributed by atoms with Gasteiger partial charge in [0.25, 0.3) is 0 Å². The van der Waals surface area contributed by atoms with Crippen molar-refractivity contribution in [1.29, 1.82) is 0 Å². The van der Waals surface area contributed by atoms with Gasteiger partial charge in [0.2, 0.25) is 0 Å². The minimum atomic E-state index is 0. The molecule has 0 spiro atoms. The van der Waals surface area contributed by atoms with Crippen LogP contribution in [0.15, 0.2) is 30.6 Å². The molecule has 12 heavy (non-hydrogen) atoms. The molecular formula is C8H14Cl2N2. The lowest BCUT2D eigenvalue weighted by Crippen LogP contribution is -3.00. The lowest BCUT2D eigenvalue weighted by molar-refractivity contribution is -0.697. The molecule has 0 aliphatic heterocycles. The average molecular weight is 209 g/mol. The van der Waals surface area contributed by atoms with E-state index in [1.54, 1.807) is 0 Å². The van der Waals surface area contributed by atoms with Crippen molar-refractivity contribution in [2.75, 3.05) is 6.54 Å². The van der Waals surface area contributed by atoms with Crippen molar-refractivity contribution >= 4 is 12.4 Å². The lowest BCUT2D eigenvalue weighted by atomic mass is 10.4. The van der Waals surface area contributed by atoms with Crippen LogP contribution in [0, 0.1) is 0 Å². The first-order chi connectivity index (χ1) is 4.93. The molecule has 2 N–H and O–H groups in total. The summed E-state index contributed by atoms with van der Waals surface area (Å²) in [5.74, 6) is 0. The first-order valence-corrected chi connectivity index (χ1v) is 3.57. The quantitative estimate of drug-likeness (QED) is 0.560. The highest BCUT2D eigenvalue weighted by molar-refractivity contribution is 5.85. The van der Waals surface area contributed by atoms with Gasteiger partial charge in [0, 0.05) is 18.6 Å². The number of aryl methyl sites for hydroxylation is 1. The van der Waals surface area contributed by atoms with Crippen LogP contribution in [0.4, 0.5) is 0 Å². The number of aromatic nitrogens is 1. The first kappa shape index (κ1) is 14.2. The number of hydrogen-bond donors (Lipinski definition) is 1. The van der Waals surface area contributed by atoms with Crippen LogP contribution < -0.4 is 22.7 Å². The number of pyridine rings is 1. The van der Waals surface area contributed by atoms with Crippen LogP contribution in [0.25, 0.3) is 0 Å². The molecule has 70 valence electrons. The van der Waals surface area contributed by atoms with E-state index in [0.717, 1.165) is 19.5 Å². The zero-order valence-corrected chi connectivity index (χ0v) is 8.39. The summed E-state index contributed by atoms with van der Waals surface area (Å²) in [7, 11) is 0. The van der Waals surface area contributed by atoms with Crippen molar-refractivity contribution in [3.05, 3.63) is 30.6 Å². The van der Waals surface area contributed by atoms with E-state index >= 15 is 0 Å². The fraction of sp³-hybridized carbons (Fsp3) is 0.375. The van der Waals surface area contributed by atoms with Crippen molar-refractivity contribution in [3.8, 4) is 0 Å². The average Bonchev–Trinajstić information content (AvgIpc) is 2.03. The monoisotopic (exact) mass is 208 g/mol. The molecule has 0 amide bonds. The van der Waals surface area contributed by atoms with Gasteiger partial charge < -0.3 is 18.1 Å². The van der Waals surface area contributed by atoms with Crippen molar-refractivity contribution in [2.45, 2.75) is 13.0 Å². The maximum Gasteiger partial charge on any atom is 0.168 e. The smallest absolute Gasteiger partial charge is 0.168 e. The van der Waals surface area contributed by atoms with Crippen LogP contribution >= 0.6 is 12.4 Å². The summed E-state index contributed by atoms with van der Waals surface area (Å²) in [6, 6.07) is 6.06. The van der Waals surface area contributed by atoms with Gasteiger partial charge in [0.1, 0.15) is 6.54 Å². The van der Waals surface area contributed by atoms with Gasteiger partial charge in [-0.25, -0.2) is 4.57 Å². The minimum Gasteiger partial charge on any atom is -1.00 e. The molecule has 0 radical (unpaired) electrons. The molecular weight excluding hydrogens is 195 g/mol. The molecule has 0 aliphatic rings. The van der Waals surface area contributed by atoms with Gasteiger partial charge in [0.05, 0.1) is 0 Å². The largest absolute Gasteiger partial charge is 1.00 e. The summed E-state index contributed by atoms with van der Waals surface area (Å²) in [6.45, 7) is 1.79. The van der Waals surface area contributed by atoms with Gasteiger partial charge in [-0.05, 0) is 6.54 Å². The summed E-state index contributed by atoms with van der Waals surface area (Å²) in [4.78, 5) is 0. The Morgan fingerprint density at radius 1 is 1.08 bits per heavy atom.